The second kappa shape index (κ2) is 6.71. The van der Waals surface area contributed by atoms with E-state index in [0.717, 1.165) is 27.6 Å². The Balaban J connectivity index is 2.15. The molecule has 0 bridgehead atoms. The Labute approximate surface area is 147 Å². The second-order valence-electron chi connectivity index (χ2n) is 4.57. The molecular weight excluding hydrogens is 438 g/mol. The number of aromatic nitrogens is 1. The molecular formula is C14H12FIN2O2S2. The van der Waals surface area contributed by atoms with Gasteiger partial charge in [-0.25, -0.2) is 9.18 Å². The number of esters is 1. The van der Waals surface area contributed by atoms with Crippen molar-refractivity contribution in [3.63, 3.8) is 0 Å². The number of rotatable bonds is 3. The number of hydrogen-bond acceptors (Lipinski definition) is 6. The minimum Gasteiger partial charge on any atom is -0.462 e. The first-order chi connectivity index (χ1) is 10.7. The first-order valence-electron chi connectivity index (χ1n) is 6.67. The minimum atomic E-state index is -0.601. The molecule has 0 fully saturated rings. The average Bonchev–Trinajstić information content (AvgIpc) is 2.76. The van der Waals surface area contributed by atoms with E-state index in [1.165, 1.54) is 0 Å². The molecule has 3 heterocycles. The molecule has 1 aliphatic heterocycles. The summed E-state index contributed by atoms with van der Waals surface area (Å²) in [5.41, 5.74) is 2.22. The predicted octanol–water partition coefficient (Wildman–Crippen LogP) is 4.49. The van der Waals surface area contributed by atoms with Gasteiger partial charge in [-0.15, -0.1) is 11.3 Å². The molecule has 4 nitrogen and oxygen atoms in total. The van der Waals surface area contributed by atoms with Crippen molar-refractivity contribution in [2.24, 2.45) is 0 Å². The largest absolute Gasteiger partial charge is 0.462 e. The number of ether oxygens (including phenoxy) is 1. The molecule has 0 aliphatic carbocycles. The van der Waals surface area contributed by atoms with Gasteiger partial charge in [0.25, 0.3) is 0 Å². The Kier molecular flexibility index (Phi) is 4.88. The van der Waals surface area contributed by atoms with E-state index in [1.54, 1.807) is 22.2 Å². The van der Waals surface area contributed by atoms with Crippen LogP contribution in [0.4, 0.5) is 10.1 Å². The number of fused-ring (bicyclic) bond motifs is 3. The summed E-state index contributed by atoms with van der Waals surface area (Å²) in [6.07, 6.45) is 2.22. The molecule has 116 valence electrons. The zero-order chi connectivity index (χ0) is 15.7. The van der Waals surface area contributed by atoms with Crippen LogP contribution in [-0.2, 0) is 11.2 Å². The SMILES string of the molecule is CCOC(=O)c1sc2c(c1F)CCN(SI)c1cccnc1-2. The highest BCUT2D eigenvalue weighted by Gasteiger charge is 2.30. The van der Waals surface area contributed by atoms with Crippen LogP contribution in [0.3, 0.4) is 0 Å². The molecule has 0 spiro atoms. The van der Waals surface area contributed by atoms with Crippen molar-refractivity contribution < 1.29 is 13.9 Å². The molecule has 0 radical (unpaired) electrons. The molecule has 3 rings (SSSR count). The van der Waals surface area contributed by atoms with Crippen molar-refractivity contribution in [1.82, 2.24) is 4.98 Å². The smallest absolute Gasteiger partial charge is 0.351 e. The molecule has 2 aromatic rings. The van der Waals surface area contributed by atoms with Crippen molar-refractivity contribution >= 4 is 53.3 Å². The molecule has 0 aromatic carbocycles. The van der Waals surface area contributed by atoms with E-state index in [-0.39, 0.29) is 11.5 Å². The van der Waals surface area contributed by atoms with Crippen LogP contribution in [-0.4, -0.2) is 24.1 Å². The Morgan fingerprint density at radius 2 is 2.45 bits per heavy atom. The van der Waals surface area contributed by atoms with Crippen LogP contribution in [0.2, 0.25) is 0 Å². The Bertz CT molecular complexity index is 723. The van der Waals surface area contributed by atoms with Crippen molar-refractivity contribution in [3.8, 4) is 10.6 Å². The fraction of sp³-hybridized carbons (Fsp3) is 0.286. The normalized spacial score (nSPS) is 13.3. The molecule has 0 saturated heterocycles. The molecule has 0 amide bonds. The first-order valence-corrected chi connectivity index (χ1v) is 10.8. The molecule has 0 atom stereocenters. The van der Waals surface area contributed by atoms with Gasteiger partial charge in [0.15, 0.2) is 5.82 Å². The zero-order valence-electron chi connectivity index (χ0n) is 11.6. The van der Waals surface area contributed by atoms with Gasteiger partial charge < -0.3 is 9.04 Å². The minimum absolute atomic E-state index is 0.0408. The average molecular weight is 450 g/mol. The summed E-state index contributed by atoms with van der Waals surface area (Å²) in [6, 6.07) is 3.82. The van der Waals surface area contributed by atoms with Gasteiger partial charge in [0.05, 0.1) is 17.2 Å². The van der Waals surface area contributed by atoms with Gasteiger partial charge in [-0.05, 0) is 25.5 Å². The molecule has 22 heavy (non-hydrogen) atoms. The maximum atomic E-state index is 14.6. The lowest BCUT2D eigenvalue weighted by molar-refractivity contribution is 0.0527. The van der Waals surface area contributed by atoms with Crippen LogP contribution in [0.25, 0.3) is 10.6 Å². The Morgan fingerprint density at radius 1 is 1.64 bits per heavy atom. The topological polar surface area (TPSA) is 42.4 Å². The van der Waals surface area contributed by atoms with Crippen molar-refractivity contribution in [1.29, 1.82) is 0 Å². The van der Waals surface area contributed by atoms with E-state index in [2.05, 4.69) is 30.5 Å². The number of thiophene rings is 1. The Hall–Kier alpha value is -0.870. The fourth-order valence-corrected chi connectivity index (χ4v) is 5.10. The maximum absolute atomic E-state index is 14.6. The highest BCUT2D eigenvalue weighted by Crippen LogP contribution is 2.44. The quantitative estimate of drug-likeness (QED) is 0.392. The zero-order valence-corrected chi connectivity index (χ0v) is 15.4. The van der Waals surface area contributed by atoms with Gasteiger partial charge in [0.1, 0.15) is 10.6 Å². The highest BCUT2D eigenvalue weighted by atomic mass is 127. The number of carbonyl (C=O) groups is 1. The van der Waals surface area contributed by atoms with Crippen LogP contribution >= 0.6 is 41.7 Å². The van der Waals surface area contributed by atoms with Gasteiger partial charge >= 0.3 is 5.97 Å². The third-order valence-electron chi connectivity index (χ3n) is 3.32. The van der Waals surface area contributed by atoms with Gasteiger partial charge in [0.2, 0.25) is 0 Å². The lowest BCUT2D eigenvalue weighted by atomic mass is 10.1. The van der Waals surface area contributed by atoms with Crippen LogP contribution in [0.1, 0.15) is 22.2 Å². The molecule has 8 heteroatoms. The van der Waals surface area contributed by atoms with Crippen LogP contribution in [0, 0.1) is 5.82 Å². The number of carbonyl (C=O) groups excluding carboxylic acids is 1. The summed E-state index contributed by atoms with van der Waals surface area (Å²) in [5.74, 6) is -1.06. The fourth-order valence-electron chi connectivity index (χ4n) is 2.37. The third-order valence-corrected chi connectivity index (χ3v) is 6.49. The van der Waals surface area contributed by atoms with Gasteiger partial charge in [-0.2, -0.15) is 0 Å². The molecule has 0 unspecified atom stereocenters. The van der Waals surface area contributed by atoms with Gasteiger partial charge in [-0.3, -0.25) is 4.98 Å². The number of hydrogen-bond donors (Lipinski definition) is 0. The molecule has 1 aliphatic rings. The molecule has 2 aromatic heterocycles. The van der Waals surface area contributed by atoms with Crippen LogP contribution in [0.15, 0.2) is 18.3 Å². The Morgan fingerprint density at radius 3 is 3.18 bits per heavy atom. The molecule has 0 saturated carbocycles. The standard InChI is InChI=1S/C14H12FIN2O2S2/c1-2-20-14(19)13-10(15)8-5-7-18(22-16)9-4-3-6-17-11(9)12(8)21-13/h3-4,6H,2,5,7H2,1H3. The van der Waals surface area contributed by atoms with Gasteiger partial charge in [0, 0.05) is 48.6 Å². The second-order valence-corrected chi connectivity index (χ2v) is 7.35. The van der Waals surface area contributed by atoms with Crippen LogP contribution in [0.5, 0.6) is 0 Å². The van der Waals surface area contributed by atoms with Gasteiger partial charge in [-0.1, -0.05) is 0 Å². The summed E-state index contributed by atoms with van der Waals surface area (Å²) in [6.45, 7) is 2.60. The molecule has 0 N–H and O–H groups in total. The van der Waals surface area contributed by atoms with E-state index in [4.69, 9.17) is 4.74 Å². The predicted molar refractivity (Wildman–Crippen MR) is 96.1 cm³/mol. The highest BCUT2D eigenvalue weighted by molar-refractivity contribution is 14.2. The van der Waals surface area contributed by atoms with Crippen LogP contribution < -0.4 is 4.31 Å². The number of nitrogens with zero attached hydrogens (tertiary/aromatic N) is 2. The summed E-state index contributed by atoms with van der Waals surface area (Å²) in [5, 5.41) is 0. The number of pyridine rings is 1. The first kappa shape index (κ1) is 16.0. The lowest BCUT2D eigenvalue weighted by Gasteiger charge is -2.19. The maximum Gasteiger partial charge on any atom is 0.351 e. The van der Waals surface area contributed by atoms with Crippen molar-refractivity contribution in [2.45, 2.75) is 13.3 Å². The van der Waals surface area contributed by atoms with E-state index >= 15 is 0 Å². The number of halogens is 2. The lowest BCUT2D eigenvalue weighted by Crippen LogP contribution is -2.15. The van der Waals surface area contributed by atoms with E-state index < -0.39 is 11.8 Å². The van der Waals surface area contributed by atoms with Crippen molar-refractivity contribution in [3.05, 3.63) is 34.6 Å². The summed E-state index contributed by atoms with van der Waals surface area (Å²) in [7, 11) is 1.55. The monoisotopic (exact) mass is 450 g/mol. The third kappa shape index (κ3) is 2.71. The van der Waals surface area contributed by atoms with Crippen molar-refractivity contribution in [2.75, 3.05) is 17.5 Å². The summed E-state index contributed by atoms with van der Waals surface area (Å²) in [4.78, 5) is 17.1. The van der Waals surface area contributed by atoms with E-state index in [0.29, 0.717) is 18.5 Å². The van der Waals surface area contributed by atoms with E-state index in [1.807, 2.05) is 12.1 Å². The summed E-state index contributed by atoms with van der Waals surface area (Å²) < 4.78 is 21.7. The van der Waals surface area contributed by atoms with E-state index in [9.17, 15) is 9.18 Å². The summed E-state index contributed by atoms with van der Waals surface area (Å²) >= 11 is 3.33. The number of anilines is 1.